The van der Waals surface area contributed by atoms with Crippen LogP contribution in [-0.2, 0) is 12.8 Å². The van der Waals surface area contributed by atoms with Gasteiger partial charge in [0.05, 0.1) is 7.11 Å². The van der Waals surface area contributed by atoms with E-state index < -0.39 is 0 Å². The molecule has 0 bridgehead atoms. The summed E-state index contributed by atoms with van der Waals surface area (Å²) in [6.07, 6.45) is 1.52. The zero-order valence-electron chi connectivity index (χ0n) is 14.6. The van der Waals surface area contributed by atoms with E-state index >= 15 is 0 Å². The van der Waals surface area contributed by atoms with Crippen LogP contribution in [0.25, 0.3) is 10.8 Å². The number of imidazole rings is 1. The molecular formula is C18H19N5O2S. The molecule has 1 atom stereocenters. The number of fused-ring (bicyclic) bond motifs is 1. The van der Waals surface area contributed by atoms with Gasteiger partial charge in [0.25, 0.3) is 5.91 Å². The van der Waals surface area contributed by atoms with Gasteiger partial charge in [0.15, 0.2) is 10.8 Å². The molecule has 1 amide bonds. The van der Waals surface area contributed by atoms with Crippen molar-refractivity contribution in [2.24, 2.45) is 0 Å². The summed E-state index contributed by atoms with van der Waals surface area (Å²) in [5.74, 6) is 1.40. The highest BCUT2D eigenvalue weighted by Crippen LogP contribution is 2.29. The lowest BCUT2D eigenvalue weighted by atomic mass is 9.94. The minimum atomic E-state index is -0.159. The van der Waals surface area contributed by atoms with Gasteiger partial charge in [-0.1, -0.05) is 30.4 Å². The fourth-order valence-corrected chi connectivity index (χ4v) is 3.81. The van der Waals surface area contributed by atoms with Gasteiger partial charge in [-0.2, -0.15) is 0 Å². The van der Waals surface area contributed by atoms with E-state index in [1.54, 1.807) is 7.11 Å². The molecule has 3 heterocycles. The van der Waals surface area contributed by atoms with Crippen LogP contribution in [0, 0.1) is 0 Å². The van der Waals surface area contributed by atoms with Gasteiger partial charge in [0, 0.05) is 18.2 Å². The second-order valence-electron chi connectivity index (χ2n) is 6.15. The number of aryl methyl sites for hydroxylation is 1. The lowest BCUT2D eigenvalue weighted by Crippen LogP contribution is -2.26. The van der Waals surface area contributed by atoms with Crippen LogP contribution in [0.2, 0.25) is 0 Å². The number of methoxy groups -OCH3 is 1. The first-order valence-electron chi connectivity index (χ1n) is 8.51. The number of nitrogens with zero attached hydrogens (tertiary/aromatic N) is 3. The van der Waals surface area contributed by atoms with Crippen LogP contribution in [0.3, 0.4) is 0 Å². The number of carbonyl (C=O) groups excluding carboxylic acids is 1. The van der Waals surface area contributed by atoms with E-state index in [0.717, 1.165) is 28.4 Å². The molecule has 1 aliphatic rings. The van der Waals surface area contributed by atoms with E-state index in [4.69, 9.17) is 4.74 Å². The Morgan fingerprint density at radius 2 is 2.23 bits per heavy atom. The Morgan fingerprint density at radius 3 is 3.00 bits per heavy atom. The van der Waals surface area contributed by atoms with Crippen molar-refractivity contribution in [1.29, 1.82) is 0 Å². The molecule has 0 saturated heterocycles. The monoisotopic (exact) mass is 369 g/mol. The third-order valence-electron chi connectivity index (χ3n) is 4.49. The second-order valence-corrected chi connectivity index (χ2v) is 7.22. The molecule has 26 heavy (non-hydrogen) atoms. The van der Waals surface area contributed by atoms with Crippen LogP contribution < -0.4 is 10.1 Å². The summed E-state index contributed by atoms with van der Waals surface area (Å²) in [5, 5.41) is 12.9. The van der Waals surface area contributed by atoms with Gasteiger partial charge in [-0.25, -0.2) is 4.98 Å². The number of carbonyl (C=O) groups is 1. The summed E-state index contributed by atoms with van der Waals surface area (Å²) in [4.78, 5) is 20.2. The van der Waals surface area contributed by atoms with Gasteiger partial charge in [-0.05, 0) is 30.5 Å². The Labute approximate surface area is 154 Å². The molecule has 8 heteroatoms. The standard InChI is InChI=1S/C18H19N5O2S/c1-3-14-22-23-18(26-14)16-20-13-8-11(9-19-17(24)15(13)21-16)10-5-4-6-12(7-10)25-2/h4-7,11H,3,8-9H2,1-2H3,(H,19,24)(H,20,21). The topological polar surface area (TPSA) is 92.8 Å². The quantitative estimate of drug-likeness (QED) is 0.737. The van der Waals surface area contributed by atoms with Crippen molar-refractivity contribution in [3.05, 3.63) is 46.2 Å². The molecule has 0 spiro atoms. The molecule has 2 aromatic heterocycles. The molecule has 1 aliphatic heterocycles. The van der Waals surface area contributed by atoms with Crippen molar-refractivity contribution in [2.45, 2.75) is 25.7 Å². The fourth-order valence-electron chi connectivity index (χ4n) is 3.09. The predicted molar refractivity (Wildman–Crippen MR) is 98.6 cm³/mol. The van der Waals surface area contributed by atoms with E-state index in [2.05, 4.69) is 31.5 Å². The number of H-pyrrole nitrogens is 1. The summed E-state index contributed by atoms with van der Waals surface area (Å²) in [7, 11) is 1.65. The number of aromatic nitrogens is 4. The van der Waals surface area contributed by atoms with E-state index in [9.17, 15) is 4.79 Å². The van der Waals surface area contributed by atoms with Crippen molar-refractivity contribution < 1.29 is 9.53 Å². The molecule has 134 valence electrons. The van der Waals surface area contributed by atoms with Gasteiger partial charge in [0.1, 0.15) is 16.5 Å². The van der Waals surface area contributed by atoms with Gasteiger partial charge >= 0.3 is 0 Å². The highest BCUT2D eigenvalue weighted by Gasteiger charge is 2.27. The molecule has 0 fully saturated rings. The largest absolute Gasteiger partial charge is 0.497 e. The Kier molecular flexibility index (Phi) is 4.42. The van der Waals surface area contributed by atoms with Crippen LogP contribution in [0.1, 0.15) is 39.6 Å². The van der Waals surface area contributed by atoms with E-state index in [1.807, 2.05) is 25.1 Å². The van der Waals surface area contributed by atoms with E-state index in [1.165, 1.54) is 11.3 Å². The van der Waals surface area contributed by atoms with Crippen molar-refractivity contribution in [3.8, 4) is 16.6 Å². The van der Waals surface area contributed by atoms with Crippen LogP contribution in [-0.4, -0.2) is 39.7 Å². The maximum atomic E-state index is 12.5. The molecule has 1 aromatic carbocycles. The Balaban J connectivity index is 1.67. The highest BCUT2D eigenvalue weighted by molar-refractivity contribution is 7.14. The lowest BCUT2D eigenvalue weighted by molar-refractivity contribution is 0.0950. The summed E-state index contributed by atoms with van der Waals surface area (Å²) in [6.45, 7) is 2.60. The van der Waals surface area contributed by atoms with Crippen LogP contribution >= 0.6 is 11.3 Å². The Morgan fingerprint density at radius 1 is 1.35 bits per heavy atom. The highest BCUT2D eigenvalue weighted by atomic mass is 32.1. The molecule has 4 rings (SSSR count). The number of amides is 1. The maximum Gasteiger partial charge on any atom is 0.271 e. The van der Waals surface area contributed by atoms with Gasteiger partial charge < -0.3 is 15.0 Å². The lowest BCUT2D eigenvalue weighted by Gasteiger charge is -2.15. The fraction of sp³-hybridized carbons (Fsp3) is 0.333. The summed E-state index contributed by atoms with van der Waals surface area (Å²) < 4.78 is 5.32. The molecule has 7 nitrogen and oxygen atoms in total. The second kappa shape index (κ2) is 6.87. The average molecular weight is 369 g/mol. The zero-order chi connectivity index (χ0) is 18.1. The first-order valence-corrected chi connectivity index (χ1v) is 9.33. The predicted octanol–water partition coefficient (Wildman–Crippen LogP) is 2.57. The number of ether oxygens (including phenoxy) is 1. The van der Waals surface area contributed by atoms with Crippen molar-refractivity contribution in [1.82, 2.24) is 25.5 Å². The summed E-state index contributed by atoms with van der Waals surface area (Å²) >= 11 is 1.49. The average Bonchev–Trinajstić information content (AvgIpc) is 3.28. The molecule has 1 unspecified atom stereocenters. The van der Waals surface area contributed by atoms with E-state index in [0.29, 0.717) is 29.5 Å². The zero-order valence-corrected chi connectivity index (χ0v) is 15.4. The molecule has 0 aliphatic carbocycles. The first kappa shape index (κ1) is 16.7. The smallest absolute Gasteiger partial charge is 0.271 e. The number of aromatic amines is 1. The number of rotatable bonds is 4. The third-order valence-corrected chi connectivity index (χ3v) is 5.56. The van der Waals surface area contributed by atoms with Gasteiger partial charge in [-0.3, -0.25) is 4.79 Å². The third kappa shape index (κ3) is 3.08. The summed E-state index contributed by atoms with van der Waals surface area (Å²) in [5.41, 5.74) is 2.40. The first-order chi connectivity index (χ1) is 12.7. The Hall–Kier alpha value is -2.74. The maximum absolute atomic E-state index is 12.5. The number of hydrogen-bond donors (Lipinski definition) is 2. The molecule has 0 saturated carbocycles. The van der Waals surface area contributed by atoms with Gasteiger partial charge in [-0.15, -0.1) is 10.2 Å². The van der Waals surface area contributed by atoms with Crippen molar-refractivity contribution in [2.75, 3.05) is 13.7 Å². The number of hydrogen-bond acceptors (Lipinski definition) is 6. The minimum absolute atomic E-state index is 0.143. The van der Waals surface area contributed by atoms with Crippen LogP contribution in [0.15, 0.2) is 24.3 Å². The molecule has 2 N–H and O–H groups in total. The van der Waals surface area contributed by atoms with E-state index in [-0.39, 0.29) is 11.8 Å². The van der Waals surface area contributed by atoms with Crippen molar-refractivity contribution in [3.63, 3.8) is 0 Å². The molecule has 0 radical (unpaired) electrons. The molecule has 3 aromatic rings. The molecular weight excluding hydrogens is 350 g/mol. The SMILES string of the molecule is CCc1nnc(-c2nc3c([nH]2)CC(c2cccc(OC)c2)CNC3=O)s1. The summed E-state index contributed by atoms with van der Waals surface area (Å²) in [6, 6.07) is 7.95. The van der Waals surface area contributed by atoms with Gasteiger partial charge in [0.2, 0.25) is 0 Å². The number of nitrogens with one attached hydrogen (secondary N) is 2. The normalized spacial score (nSPS) is 16.7. The van der Waals surface area contributed by atoms with Crippen LogP contribution in [0.4, 0.5) is 0 Å². The number of benzene rings is 1. The van der Waals surface area contributed by atoms with Crippen LogP contribution in [0.5, 0.6) is 5.75 Å². The van der Waals surface area contributed by atoms with Crippen molar-refractivity contribution >= 4 is 17.2 Å². The minimum Gasteiger partial charge on any atom is -0.497 e. The Bertz CT molecular complexity index is 949.